The van der Waals surface area contributed by atoms with Gasteiger partial charge >= 0.3 is 0 Å². The van der Waals surface area contributed by atoms with E-state index in [1.54, 1.807) is 6.92 Å². The molecule has 0 spiro atoms. The minimum absolute atomic E-state index is 0.0672. The molecular weight excluding hydrogens is 343 g/mol. The van der Waals surface area contributed by atoms with Crippen molar-refractivity contribution in [1.82, 2.24) is 4.72 Å². The molecule has 2 N–H and O–H groups in total. The zero-order chi connectivity index (χ0) is 17.3. The van der Waals surface area contributed by atoms with Gasteiger partial charge in [0.2, 0.25) is 10.0 Å². The van der Waals surface area contributed by atoms with Crippen LogP contribution in [0.15, 0.2) is 52.3 Å². The van der Waals surface area contributed by atoms with Crippen LogP contribution in [-0.4, -0.2) is 23.9 Å². The Morgan fingerprint density at radius 2 is 1.43 bits per heavy atom. The molecule has 0 saturated carbocycles. The van der Waals surface area contributed by atoms with Crippen molar-refractivity contribution in [2.24, 2.45) is 0 Å². The Morgan fingerprint density at radius 3 is 2.00 bits per heavy atom. The topological polar surface area (TPSA) is 92.3 Å². The van der Waals surface area contributed by atoms with Crippen LogP contribution in [0.2, 0.25) is 0 Å². The number of anilines is 1. The average molecular weight is 358 g/mol. The number of hydrogen-bond acceptors (Lipinski definition) is 4. The van der Waals surface area contributed by atoms with Gasteiger partial charge in [-0.3, -0.25) is 4.72 Å². The molecule has 124 valence electrons. The van der Waals surface area contributed by atoms with Gasteiger partial charge < -0.3 is 0 Å². The molecule has 0 aliphatic heterocycles. The van der Waals surface area contributed by atoms with Crippen LogP contribution in [0.25, 0.3) is 0 Å². The molecule has 9 heteroatoms. The van der Waals surface area contributed by atoms with E-state index in [4.69, 9.17) is 0 Å². The second-order valence-electron chi connectivity index (χ2n) is 4.74. The highest BCUT2D eigenvalue weighted by Gasteiger charge is 2.18. The lowest BCUT2D eigenvalue weighted by molar-refractivity contribution is 0.587. The van der Waals surface area contributed by atoms with Gasteiger partial charge in [-0.1, -0.05) is 6.07 Å². The SMILES string of the molecule is CNS(=O)(=O)c1ccc(C)c(NS(=O)(=O)c2ccc(F)cc2)c1. The molecule has 0 unspecified atom stereocenters. The standard InChI is InChI=1S/C14H15FN2O4S2/c1-10-3-6-13(22(18,19)16-2)9-14(10)17-23(20,21)12-7-4-11(15)5-8-12/h3-9,16-17H,1-2H3. The quantitative estimate of drug-likeness (QED) is 0.853. The van der Waals surface area contributed by atoms with Gasteiger partial charge in [0, 0.05) is 0 Å². The fraction of sp³-hybridized carbons (Fsp3) is 0.143. The maximum absolute atomic E-state index is 12.9. The smallest absolute Gasteiger partial charge is 0.261 e. The number of nitrogens with one attached hydrogen (secondary N) is 2. The fourth-order valence-electron chi connectivity index (χ4n) is 1.81. The van der Waals surface area contributed by atoms with E-state index >= 15 is 0 Å². The van der Waals surface area contributed by atoms with Crippen molar-refractivity contribution in [3.8, 4) is 0 Å². The largest absolute Gasteiger partial charge is 0.279 e. The van der Waals surface area contributed by atoms with E-state index in [1.807, 2.05) is 0 Å². The Bertz CT molecular complexity index is 924. The molecule has 0 radical (unpaired) electrons. The number of benzene rings is 2. The van der Waals surface area contributed by atoms with Crippen LogP contribution in [0.3, 0.4) is 0 Å². The first-order valence-corrected chi connectivity index (χ1v) is 9.45. The van der Waals surface area contributed by atoms with Gasteiger partial charge in [-0.05, 0) is 55.9 Å². The lowest BCUT2D eigenvalue weighted by Gasteiger charge is -2.12. The van der Waals surface area contributed by atoms with Gasteiger partial charge in [0.05, 0.1) is 15.5 Å². The van der Waals surface area contributed by atoms with Crippen molar-refractivity contribution in [2.45, 2.75) is 16.7 Å². The second kappa shape index (κ2) is 6.26. The molecule has 0 heterocycles. The monoisotopic (exact) mass is 358 g/mol. The molecule has 23 heavy (non-hydrogen) atoms. The number of rotatable bonds is 5. The second-order valence-corrected chi connectivity index (χ2v) is 8.31. The summed E-state index contributed by atoms with van der Waals surface area (Å²) in [5.74, 6) is -0.553. The van der Waals surface area contributed by atoms with E-state index in [2.05, 4.69) is 9.44 Å². The molecule has 0 aromatic heterocycles. The zero-order valence-electron chi connectivity index (χ0n) is 12.4. The first kappa shape index (κ1) is 17.4. The molecule has 0 aliphatic rings. The van der Waals surface area contributed by atoms with E-state index in [0.717, 1.165) is 24.3 Å². The third kappa shape index (κ3) is 3.87. The average Bonchev–Trinajstić information content (AvgIpc) is 2.49. The van der Waals surface area contributed by atoms with Crippen molar-refractivity contribution in [2.75, 3.05) is 11.8 Å². The molecule has 0 aliphatic carbocycles. The Hall–Kier alpha value is -1.97. The minimum atomic E-state index is -3.95. The minimum Gasteiger partial charge on any atom is -0.279 e. The van der Waals surface area contributed by atoms with Crippen LogP contribution < -0.4 is 9.44 Å². The predicted molar refractivity (Wildman–Crippen MR) is 84.6 cm³/mol. The Balaban J connectivity index is 2.43. The predicted octanol–water partition coefficient (Wildman–Crippen LogP) is 1.84. The first-order valence-electron chi connectivity index (χ1n) is 6.48. The van der Waals surface area contributed by atoms with Gasteiger partial charge in [-0.2, -0.15) is 0 Å². The van der Waals surface area contributed by atoms with Gasteiger partial charge in [0.15, 0.2) is 0 Å². The van der Waals surface area contributed by atoms with Crippen molar-refractivity contribution >= 4 is 25.7 Å². The molecule has 2 aromatic rings. The summed E-state index contributed by atoms with van der Waals surface area (Å²) >= 11 is 0. The van der Waals surface area contributed by atoms with Crippen molar-refractivity contribution in [1.29, 1.82) is 0 Å². The maximum atomic E-state index is 12.9. The highest BCUT2D eigenvalue weighted by atomic mass is 32.2. The van der Waals surface area contributed by atoms with Crippen LogP contribution in [0.5, 0.6) is 0 Å². The number of hydrogen-bond donors (Lipinski definition) is 2. The van der Waals surface area contributed by atoms with E-state index in [9.17, 15) is 21.2 Å². The van der Waals surface area contributed by atoms with Crippen molar-refractivity contribution < 1.29 is 21.2 Å². The number of aryl methyl sites for hydroxylation is 1. The molecule has 0 saturated heterocycles. The van der Waals surface area contributed by atoms with Crippen LogP contribution in [0.1, 0.15) is 5.56 Å². The normalized spacial score (nSPS) is 12.1. The maximum Gasteiger partial charge on any atom is 0.261 e. The van der Waals surface area contributed by atoms with Gasteiger partial charge in [-0.15, -0.1) is 0 Å². The van der Waals surface area contributed by atoms with Crippen LogP contribution in [0.4, 0.5) is 10.1 Å². The summed E-state index contributed by atoms with van der Waals surface area (Å²) in [5.41, 5.74) is 0.677. The van der Waals surface area contributed by atoms with Crippen LogP contribution in [0, 0.1) is 12.7 Å². The summed E-state index contributed by atoms with van der Waals surface area (Å²) in [4.78, 5) is -0.192. The van der Waals surface area contributed by atoms with Gasteiger partial charge in [-0.25, -0.2) is 25.9 Å². The fourth-order valence-corrected chi connectivity index (χ4v) is 3.69. The summed E-state index contributed by atoms with van der Waals surface area (Å²) in [6.45, 7) is 1.64. The van der Waals surface area contributed by atoms with E-state index < -0.39 is 25.9 Å². The third-order valence-electron chi connectivity index (χ3n) is 3.16. The third-order valence-corrected chi connectivity index (χ3v) is 5.95. The summed E-state index contributed by atoms with van der Waals surface area (Å²) in [5, 5.41) is 0. The molecule has 2 rings (SSSR count). The summed E-state index contributed by atoms with van der Waals surface area (Å²) < 4.78 is 65.6. The summed E-state index contributed by atoms with van der Waals surface area (Å²) in [7, 11) is -6.39. The van der Waals surface area contributed by atoms with Crippen molar-refractivity contribution in [3.05, 3.63) is 53.8 Å². The molecule has 0 amide bonds. The molecular formula is C14H15FN2O4S2. The molecule has 2 aromatic carbocycles. The highest BCUT2D eigenvalue weighted by Crippen LogP contribution is 2.23. The van der Waals surface area contributed by atoms with E-state index in [1.165, 1.54) is 25.2 Å². The van der Waals surface area contributed by atoms with Crippen molar-refractivity contribution in [3.63, 3.8) is 0 Å². The van der Waals surface area contributed by atoms with Gasteiger partial charge in [0.1, 0.15) is 5.82 Å². The summed E-state index contributed by atoms with van der Waals surface area (Å²) in [6.07, 6.45) is 0. The van der Waals surface area contributed by atoms with E-state index in [0.29, 0.717) is 5.56 Å². The van der Waals surface area contributed by atoms with Crippen LogP contribution in [-0.2, 0) is 20.0 Å². The highest BCUT2D eigenvalue weighted by molar-refractivity contribution is 7.92. The number of halogens is 1. The van der Waals surface area contributed by atoms with E-state index in [-0.39, 0.29) is 15.5 Å². The molecule has 6 nitrogen and oxygen atoms in total. The first-order chi connectivity index (χ1) is 10.7. The number of sulfonamides is 2. The lowest BCUT2D eigenvalue weighted by Crippen LogP contribution is -2.19. The Labute approximate surface area is 134 Å². The molecule has 0 atom stereocenters. The summed E-state index contributed by atoms with van der Waals surface area (Å²) in [6, 6.07) is 8.40. The van der Waals surface area contributed by atoms with Gasteiger partial charge in [0.25, 0.3) is 10.0 Å². The Morgan fingerprint density at radius 1 is 0.870 bits per heavy atom. The Kier molecular flexibility index (Phi) is 4.73. The molecule has 0 fully saturated rings. The zero-order valence-corrected chi connectivity index (χ0v) is 14.0. The molecule has 0 bridgehead atoms. The lowest BCUT2D eigenvalue weighted by atomic mass is 10.2. The van der Waals surface area contributed by atoms with Crippen LogP contribution >= 0.6 is 0 Å².